The second kappa shape index (κ2) is 6.92. The summed E-state index contributed by atoms with van der Waals surface area (Å²) in [5.74, 6) is -0.576. The second-order valence-electron chi connectivity index (χ2n) is 7.60. The minimum atomic E-state index is -0.786. The number of ether oxygens (including phenoxy) is 1. The zero-order valence-electron chi connectivity index (χ0n) is 15.1. The number of rotatable bonds is 4. The average molecular weight is 373 g/mol. The Labute approximate surface area is 157 Å². The number of hydrogen-bond acceptors (Lipinski definition) is 5. The normalized spacial score (nSPS) is 24.0. The molecule has 27 heavy (non-hydrogen) atoms. The largest absolute Gasteiger partial charge is 0.353 e. The molecular weight excluding hydrogens is 350 g/mol. The van der Waals surface area contributed by atoms with Crippen LogP contribution >= 0.6 is 0 Å². The van der Waals surface area contributed by atoms with Gasteiger partial charge in [-0.1, -0.05) is 12.5 Å². The number of amides is 2. The highest BCUT2D eigenvalue weighted by molar-refractivity contribution is 5.99. The lowest BCUT2D eigenvalue weighted by Gasteiger charge is -2.41. The molecule has 8 nitrogen and oxygen atoms in total. The topological polar surface area (TPSA) is 102 Å². The molecule has 3 fully saturated rings. The van der Waals surface area contributed by atoms with E-state index in [1.165, 1.54) is 18.2 Å². The molecule has 1 aliphatic heterocycles. The van der Waals surface area contributed by atoms with Crippen LogP contribution in [0.5, 0.6) is 0 Å². The maximum Gasteiger partial charge on any atom is 0.270 e. The summed E-state index contributed by atoms with van der Waals surface area (Å²) in [5.41, 5.74) is -0.715. The van der Waals surface area contributed by atoms with Crippen molar-refractivity contribution in [3.05, 3.63) is 39.9 Å². The molecule has 1 spiro atoms. The molecule has 8 heteroatoms. The molecule has 2 aliphatic carbocycles. The summed E-state index contributed by atoms with van der Waals surface area (Å²) in [6.07, 6.45) is 6.21. The predicted octanol–water partition coefficient (Wildman–Crippen LogP) is 2.37. The first-order valence-corrected chi connectivity index (χ1v) is 9.53. The van der Waals surface area contributed by atoms with Gasteiger partial charge in [0.15, 0.2) is 0 Å². The molecule has 4 rings (SSSR count). The van der Waals surface area contributed by atoms with E-state index in [4.69, 9.17) is 4.74 Å². The summed E-state index contributed by atoms with van der Waals surface area (Å²) in [5, 5.41) is 14.0. The number of non-ortho nitro benzene ring substituents is 1. The summed E-state index contributed by atoms with van der Waals surface area (Å²) < 4.78 is 6.06. The van der Waals surface area contributed by atoms with E-state index in [2.05, 4.69) is 5.32 Å². The van der Waals surface area contributed by atoms with Gasteiger partial charge >= 0.3 is 0 Å². The molecule has 0 aromatic heterocycles. The number of nitro groups is 1. The van der Waals surface area contributed by atoms with E-state index in [-0.39, 0.29) is 35.7 Å². The number of carbonyl (C=O) groups is 2. The Morgan fingerprint density at radius 3 is 2.63 bits per heavy atom. The van der Waals surface area contributed by atoms with Crippen molar-refractivity contribution in [1.29, 1.82) is 0 Å². The van der Waals surface area contributed by atoms with Gasteiger partial charge in [0.25, 0.3) is 11.6 Å². The van der Waals surface area contributed by atoms with Crippen LogP contribution in [0.3, 0.4) is 0 Å². The summed E-state index contributed by atoms with van der Waals surface area (Å²) in [4.78, 5) is 38.2. The maximum absolute atomic E-state index is 13.4. The van der Waals surface area contributed by atoms with E-state index >= 15 is 0 Å². The van der Waals surface area contributed by atoms with Crippen molar-refractivity contribution in [2.45, 2.75) is 62.8 Å². The van der Waals surface area contributed by atoms with Gasteiger partial charge in [-0.15, -0.1) is 0 Å². The van der Waals surface area contributed by atoms with Gasteiger partial charge < -0.3 is 10.1 Å². The summed E-state index contributed by atoms with van der Waals surface area (Å²) in [7, 11) is 0. The molecule has 1 aromatic rings. The Hall–Kier alpha value is -2.48. The summed E-state index contributed by atoms with van der Waals surface area (Å²) in [6, 6.07) is 5.17. The molecule has 1 atom stereocenters. The number of hydrogen-bond donors (Lipinski definition) is 1. The van der Waals surface area contributed by atoms with Crippen LogP contribution in [-0.4, -0.2) is 46.1 Å². The van der Waals surface area contributed by atoms with Gasteiger partial charge in [0.05, 0.1) is 11.5 Å². The molecule has 0 bridgehead atoms. The fraction of sp³-hybridized carbons (Fsp3) is 0.579. The predicted molar refractivity (Wildman–Crippen MR) is 96.0 cm³/mol. The van der Waals surface area contributed by atoms with Gasteiger partial charge in [-0.05, 0) is 44.6 Å². The third-order valence-electron chi connectivity index (χ3n) is 5.64. The molecule has 1 heterocycles. The van der Waals surface area contributed by atoms with E-state index in [0.29, 0.717) is 12.8 Å². The van der Waals surface area contributed by atoms with Crippen molar-refractivity contribution in [3.8, 4) is 0 Å². The third kappa shape index (κ3) is 3.41. The van der Waals surface area contributed by atoms with Crippen molar-refractivity contribution in [1.82, 2.24) is 10.2 Å². The lowest BCUT2D eigenvalue weighted by atomic mass is 9.89. The number of nitrogens with zero attached hydrogens (tertiary/aromatic N) is 2. The molecule has 2 saturated carbocycles. The number of benzene rings is 1. The van der Waals surface area contributed by atoms with Crippen LogP contribution in [0.25, 0.3) is 0 Å². The molecule has 0 radical (unpaired) electrons. The SMILES string of the molecule is O=C(NC1CC1)C1COC2(CCCCC2)N1C(=O)c1cccc([N+](=O)[O-])c1. The molecule has 1 aromatic carbocycles. The maximum atomic E-state index is 13.4. The van der Waals surface area contributed by atoms with Crippen LogP contribution in [0.2, 0.25) is 0 Å². The van der Waals surface area contributed by atoms with Gasteiger partial charge in [-0.25, -0.2) is 0 Å². The molecule has 1 N–H and O–H groups in total. The van der Waals surface area contributed by atoms with Crippen molar-refractivity contribution in [3.63, 3.8) is 0 Å². The number of carbonyl (C=O) groups excluding carboxylic acids is 2. The lowest BCUT2D eigenvalue weighted by molar-refractivity contribution is -0.384. The van der Waals surface area contributed by atoms with Crippen LogP contribution in [0.15, 0.2) is 24.3 Å². The minimum Gasteiger partial charge on any atom is -0.353 e. The first-order valence-electron chi connectivity index (χ1n) is 9.53. The standard InChI is InChI=1S/C19H23N3O5/c23-17(20-14-7-8-14)16-12-27-19(9-2-1-3-10-19)21(16)18(24)13-5-4-6-15(11-13)22(25)26/h4-6,11,14,16H,1-3,7-10,12H2,(H,20,23). The van der Waals surface area contributed by atoms with Gasteiger partial charge in [0.2, 0.25) is 5.91 Å². The smallest absolute Gasteiger partial charge is 0.270 e. The van der Waals surface area contributed by atoms with Crippen LogP contribution in [0, 0.1) is 10.1 Å². The Kier molecular flexibility index (Phi) is 4.59. The van der Waals surface area contributed by atoms with Crippen molar-refractivity contribution >= 4 is 17.5 Å². The molecule has 3 aliphatic rings. The van der Waals surface area contributed by atoms with Crippen LogP contribution in [0.1, 0.15) is 55.3 Å². The fourth-order valence-electron chi connectivity index (χ4n) is 4.09. The van der Waals surface area contributed by atoms with Gasteiger partial charge in [0, 0.05) is 23.7 Å². The highest BCUT2D eigenvalue weighted by Crippen LogP contribution is 2.41. The van der Waals surface area contributed by atoms with Gasteiger partial charge in [-0.3, -0.25) is 24.6 Å². The molecule has 2 amide bonds. The first-order chi connectivity index (χ1) is 13.0. The van der Waals surface area contributed by atoms with Gasteiger partial charge in [0.1, 0.15) is 11.8 Å². The highest BCUT2D eigenvalue weighted by Gasteiger charge is 2.53. The minimum absolute atomic E-state index is 0.141. The molecule has 144 valence electrons. The van der Waals surface area contributed by atoms with E-state index in [1.807, 2.05) is 0 Å². The Bertz CT molecular complexity index is 770. The van der Waals surface area contributed by atoms with E-state index in [1.54, 1.807) is 11.0 Å². The van der Waals surface area contributed by atoms with Crippen molar-refractivity contribution < 1.29 is 19.2 Å². The highest BCUT2D eigenvalue weighted by atomic mass is 16.6. The lowest BCUT2D eigenvalue weighted by Crippen LogP contribution is -2.56. The molecular formula is C19H23N3O5. The van der Waals surface area contributed by atoms with Gasteiger partial charge in [-0.2, -0.15) is 0 Å². The van der Waals surface area contributed by atoms with Crippen LogP contribution in [-0.2, 0) is 9.53 Å². The van der Waals surface area contributed by atoms with Crippen molar-refractivity contribution in [2.75, 3.05) is 6.61 Å². The van der Waals surface area contributed by atoms with Crippen LogP contribution in [0.4, 0.5) is 5.69 Å². The Morgan fingerprint density at radius 1 is 1.22 bits per heavy atom. The van der Waals surface area contributed by atoms with E-state index < -0.39 is 16.7 Å². The third-order valence-corrected chi connectivity index (χ3v) is 5.64. The number of nitrogens with one attached hydrogen (secondary N) is 1. The summed E-state index contributed by atoms with van der Waals surface area (Å²) >= 11 is 0. The summed E-state index contributed by atoms with van der Waals surface area (Å²) in [6.45, 7) is 0.166. The van der Waals surface area contributed by atoms with Crippen molar-refractivity contribution in [2.24, 2.45) is 0 Å². The average Bonchev–Trinajstić information content (AvgIpc) is 3.42. The van der Waals surface area contributed by atoms with Crippen LogP contribution < -0.4 is 5.32 Å². The van der Waals surface area contributed by atoms with E-state index in [9.17, 15) is 19.7 Å². The quantitative estimate of drug-likeness (QED) is 0.645. The number of nitro benzene ring substituents is 1. The molecule has 1 unspecified atom stereocenters. The Morgan fingerprint density at radius 2 is 1.96 bits per heavy atom. The van der Waals surface area contributed by atoms with E-state index in [0.717, 1.165) is 32.1 Å². The fourth-order valence-corrected chi connectivity index (χ4v) is 4.09. The first kappa shape index (κ1) is 17.9. The zero-order valence-corrected chi connectivity index (χ0v) is 15.1. The second-order valence-corrected chi connectivity index (χ2v) is 7.60. The molecule has 1 saturated heterocycles. The monoisotopic (exact) mass is 373 g/mol. The zero-order chi connectivity index (χ0) is 19.0. The Balaban J connectivity index is 1.66.